The number of nitrogens with one attached hydrogen (secondary N) is 1. The van der Waals surface area contributed by atoms with Gasteiger partial charge in [0.05, 0.1) is 12.3 Å². The lowest BCUT2D eigenvalue weighted by Gasteiger charge is -2.43. The van der Waals surface area contributed by atoms with Crippen LogP contribution in [0.25, 0.3) is 0 Å². The summed E-state index contributed by atoms with van der Waals surface area (Å²) >= 11 is 0. The molecule has 1 saturated carbocycles. The summed E-state index contributed by atoms with van der Waals surface area (Å²) in [6.07, 6.45) is 6.26. The second kappa shape index (κ2) is 4.79. The van der Waals surface area contributed by atoms with Gasteiger partial charge in [0.25, 0.3) is 0 Å². The molecular formula is C15H21NO. The van der Waals surface area contributed by atoms with E-state index in [4.69, 9.17) is 4.74 Å². The van der Waals surface area contributed by atoms with Crippen molar-refractivity contribution >= 4 is 0 Å². The number of rotatable bonds is 1. The largest absolute Gasteiger partial charge is 0.360 e. The summed E-state index contributed by atoms with van der Waals surface area (Å²) in [5.41, 5.74) is 1.66. The molecule has 1 aliphatic carbocycles. The van der Waals surface area contributed by atoms with Crippen molar-refractivity contribution in [1.82, 2.24) is 5.32 Å². The first-order chi connectivity index (χ1) is 8.38. The highest BCUT2D eigenvalue weighted by atomic mass is 16.5. The van der Waals surface area contributed by atoms with Crippen molar-refractivity contribution in [3.05, 3.63) is 35.9 Å². The van der Waals surface area contributed by atoms with Gasteiger partial charge in [-0.1, -0.05) is 30.3 Å². The van der Waals surface area contributed by atoms with Crippen LogP contribution in [0.15, 0.2) is 30.3 Å². The molecule has 1 aliphatic heterocycles. The van der Waals surface area contributed by atoms with Gasteiger partial charge < -0.3 is 4.74 Å². The monoisotopic (exact) mass is 231 g/mol. The Morgan fingerprint density at radius 2 is 2.06 bits per heavy atom. The summed E-state index contributed by atoms with van der Waals surface area (Å²) in [6.45, 7) is 1.85. The van der Waals surface area contributed by atoms with Crippen LogP contribution in [-0.2, 0) is 4.74 Å². The number of benzene rings is 1. The van der Waals surface area contributed by atoms with Gasteiger partial charge in [-0.05, 0) is 50.1 Å². The van der Waals surface area contributed by atoms with Gasteiger partial charge in [-0.2, -0.15) is 0 Å². The molecule has 1 aromatic carbocycles. The van der Waals surface area contributed by atoms with E-state index in [0.29, 0.717) is 5.92 Å². The van der Waals surface area contributed by atoms with Crippen molar-refractivity contribution in [2.24, 2.45) is 0 Å². The van der Waals surface area contributed by atoms with E-state index in [2.05, 4.69) is 35.6 Å². The minimum Gasteiger partial charge on any atom is -0.360 e. The van der Waals surface area contributed by atoms with Crippen LogP contribution >= 0.6 is 0 Å². The fourth-order valence-corrected chi connectivity index (χ4v) is 3.36. The molecule has 1 saturated heterocycles. The van der Waals surface area contributed by atoms with E-state index >= 15 is 0 Å². The third-order valence-electron chi connectivity index (χ3n) is 4.31. The van der Waals surface area contributed by atoms with Crippen molar-refractivity contribution < 1.29 is 4.74 Å². The summed E-state index contributed by atoms with van der Waals surface area (Å²) < 4.78 is 6.05. The molecule has 2 aliphatic rings. The first-order valence-corrected chi connectivity index (χ1v) is 6.78. The molecule has 0 amide bonds. The Kier molecular flexibility index (Phi) is 3.17. The molecule has 0 radical (unpaired) electrons. The molecule has 0 bridgehead atoms. The van der Waals surface area contributed by atoms with Gasteiger partial charge in [0.1, 0.15) is 0 Å². The minimum atomic E-state index is 0.171. The molecule has 17 heavy (non-hydrogen) atoms. The van der Waals surface area contributed by atoms with E-state index in [1.807, 2.05) is 0 Å². The van der Waals surface area contributed by atoms with Gasteiger partial charge in [0, 0.05) is 0 Å². The summed E-state index contributed by atoms with van der Waals surface area (Å²) in [7, 11) is 0. The van der Waals surface area contributed by atoms with Gasteiger partial charge in [0.15, 0.2) is 0 Å². The first-order valence-electron chi connectivity index (χ1n) is 6.78. The topological polar surface area (TPSA) is 21.3 Å². The maximum Gasteiger partial charge on any atom is 0.0972 e. The lowest BCUT2D eigenvalue weighted by molar-refractivity contribution is -0.108. The normalized spacial score (nSPS) is 33.8. The zero-order valence-electron chi connectivity index (χ0n) is 10.3. The lowest BCUT2D eigenvalue weighted by atomic mass is 9.73. The zero-order chi connectivity index (χ0) is 11.6. The van der Waals surface area contributed by atoms with Crippen molar-refractivity contribution in [2.75, 3.05) is 13.3 Å². The van der Waals surface area contributed by atoms with Crippen LogP contribution in [0.2, 0.25) is 0 Å². The summed E-state index contributed by atoms with van der Waals surface area (Å²) in [6, 6.07) is 10.9. The van der Waals surface area contributed by atoms with E-state index in [1.165, 1.54) is 37.7 Å². The average molecular weight is 231 g/mol. The molecule has 2 nitrogen and oxygen atoms in total. The standard InChI is InChI=1S/C15H21NO/c1-2-5-13(6-3-1)14-7-4-8-15(11-14)9-10-16-12-17-15/h1-3,5-6,14,16H,4,7-12H2. The molecule has 0 aromatic heterocycles. The smallest absolute Gasteiger partial charge is 0.0972 e. The number of hydrogen-bond acceptors (Lipinski definition) is 2. The minimum absolute atomic E-state index is 0.171. The van der Waals surface area contributed by atoms with E-state index in [-0.39, 0.29) is 5.60 Å². The van der Waals surface area contributed by atoms with Crippen LogP contribution < -0.4 is 5.32 Å². The van der Waals surface area contributed by atoms with Gasteiger partial charge in [-0.15, -0.1) is 0 Å². The Morgan fingerprint density at radius 1 is 1.18 bits per heavy atom. The predicted octanol–water partition coefficient (Wildman–Crippen LogP) is 3.05. The lowest BCUT2D eigenvalue weighted by Crippen LogP contribution is -2.46. The summed E-state index contributed by atoms with van der Waals surface area (Å²) in [4.78, 5) is 0. The quantitative estimate of drug-likeness (QED) is 0.802. The number of ether oxygens (including phenoxy) is 1. The fraction of sp³-hybridized carbons (Fsp3) is 0.600. The Morgan fingerprint density at radius 3 is 2.82 bits per heavy atom. The molecule has 1 N–H and O–H groups in total. The van der Waals surface area contributed by atoms with E-state index in [0.717, 1.165) is 13.3 Å². The van der Waals surface area contributed by atoms with Crippen LogP contribution in [0.1, 0.15) is 43.6 Å². The SMILES string of the molecule is c1ccc(C2CCCC3(CCNCO3)C2)cc1. The molecule has 2 fully saturated rings. The average Bonchev–Trinajstić information content (AvgIpc) is 2.41. The molecule has 2 atom stereocenters. The summed E-state index contributed by atoms with van der Waals surface area (Å²) in [5, 5.41) is 3.29. The first kappa shape index (κ1) is 11.2. The second-order valence-corrected chi connectivity index (χ2v) is 5.43. The fourth-order valence-electron chi connectivity index (χ4n) is 3.36. The van der Waals surface area contributed by atoms with Crippen molar-refractivity contribution in [3.8, 4) is 0 Å². The molecule has 1 heterocycles. The predicted molar refractivity (Wildman–Crippen MR) is 69.0 cm³/mol. The van der Waals surface area contributed by atoms with Crippen LogP contribution in [0, 0.1) is 0 Å². The molecule has 1 aromatic rings. The Balaban J connectivity index is 1.75. The van der Waals surface area contributed by atoms with Crippen molar-refractivity contribution in [3.63, 3.8) is 0 Å². The van der Waals surface area contributed by atoms with E-state index in [1.54, 1.807) is 0 Å². The molecule has 3 rings (SSSR count). The maximum atomic E-state index is 6.05. The van der Waals surface area contributed by atoms with E-state index in [9.17, 15) is 0 Å². The molecule has 2 unspecified atom stereocenters. The van der Waals surface area contributed by atoms with E-state index < -0.39 is 0 Å². The van der Waals surface area contributed by atoms with Crippen LogP contribution in [0.3, 0.4) is 0 Å². The van der Waals surface area contributed by atoms with Crippen LogP contribution in [0.4, 0.5) is 0 Å². The zero-order valence-corrected chi connectivity index (χ0v) is 10.3. The van der Waals surface area contributed by atoms with Gasteiger partial charge in [0.2, 0.25) is 0 Å². The van der Waals surface area contributed by atoms with Crippen molar-refractivity contribution in [1.29, 1.82) is 0 Å². The highest BCUT2D eigenvalue weighted by Gasteiger charge is 2.38. The molecule has 1 spiro atoms. The molecule has 2 heteroatoms. The highest BCUT2D eigenvalue weighted by Crippen LogP contribution is 2.42. The third-order valence-corrected chi connectivity index (χ3v) is 4.31. The second-order valence-electron chi connectivity index (χ2n) is 5.43. The Hall–Kier alpha value is -0.860. The van der Waals surface area contributed by atoms with Crippen LogP contribution in [-0.4, -0.2) is 18.9 Å². The van der Waals surface area contributed by atoms with Gasteiger partial charge >= 0.3 is 0 Å². The Labute approximate surface area is 103 Å². The maximum absolute atomic E-state index is 6.05. The number of hydrogen-bond donors (Lipinski definition) is 1. The molecular weight excluding hydrogens is 210 g/mol. The third kappa shape index (κ3) is 2.38. The highest BCUT2D eigenvalue weighted by molar-refractivity contribution is 5.21. The van der Waals surface area contributed by atoms with Crippen molar-refractivity contribution in [2.45, 2.75) is 43.6 Å². The molecule has 92 valence electrons. The van der Waals surface area contributed by atoms with Crippen LogP contribution in [0.5, 0.6) is 0 Å². The van der Waals surface area contributed by atoms with Gasteiger partial charge in [-0.25, -0.2) is 0 Å². The van der Waals surface area contributed by atoms with Gasteiger partial charge in [-0.3, -0.25) is 5.32 Å². The summed E-state index contributed by atoms with van der Waals surface area (Å²) in [5.74, 6) is 0.697. The Bertz CT molecular complexity index is 351.